The normalized spacial score (nSPS) is 9.81. The highest BCUT2D eigenvalue weighted by Crippen LogP contribution is 2.03. The van der Waals surface area contributed by atoms with E-state index in [9.17, 15) is 20.2 Å². The second kappa shape index (κ2) is 4.81. The van der Waals surface area contributed by atoms with Crippen LogP contribution >= 0.6 is 0 Å². The number of hydrogen-bond donors (Lipinski definition) is 0. The molecule has 0 fully saturated rings. The summed E-state index contributed by atoms with van der Waals surface area (Å²) < 4.78 is 0. The molecule has 0 spiro atoms. The maximum absolute atomic E-state index is 10.6. The lowest BCUT2D eigenvalue weighted by Crippen LogP contribution is -2.34. The lowest BCUT2D eigenvalue weighted by molar-refractivity contribution is -0.757. The zero-order valence-corrected chi connectivity index (χ0v) is 8.09. The summed E-state index contributed by atoms with van der Waals surface area (Å²) in [4.78, 5) is 25.4. The molecule has 0 N–H and O–H groups in total. The van der Waals surface area contributed by atoms with Crippen LogP contribution in [0.5, 0.6) is 0 Å². The number of rotatable bonds is 6. The first kappa shape index (κ1) is 11.5. The molecule has 0 bridgehead atoms. The second-order valence-corrected chi connectivity index (χ2v) is 2.50. The fourth-order valence-electron chi connectivity index (χ4n) is 0.834. The Bertz CT molecular complexity index is 390. The van der Waals surface area contributed by atoms with Gasteiger partial charge in [-0.15, -0.1) is 15.2 Å². The van der Waals surface area contributed by atoms with Gasteiger partial charge >= 0.3 is 5.95 Å². The minimum atomic E-state index is -1.04. The first-order valence-corrected chi connectivity index (χ1v) is 3.94. The molecule has 0 radical (unpaired) electrons. The van der Waals surface area contributed by atoms with Crippen molar-refractivity contribution in [3.05, 3.63) is 20.2 Å². The maximum atomic E-state index is 10.6. The van der Waals surface area contributed by atoms with E-state index in [0.29, 0.717) is 5.01 Å². The molecule has 1 aromatic heterocycles. The van der Waals surface area contributed by atoms with E-state index in [1.54, 1.807) is 0 Å². The van der Waals surface area contributed by atoms with Gasteiger partial charge in [-0.05, 0) is 5.21 Å². The molecule has 12 nitrogen and oxygen atoms in total. The molecular formula is C4H7N7O5. The first-order chi connectivity index (χ1) is 7.50. The predicted molar refractivity (Wildman–Crippen MR) is 46.1 cm³/mol. The molecule has 0 aromatic carbocycles. The number of hydrogen-bond acceptors (Lipinski definition) is 8. The van der Waals surface area contributed by atoms with Crippen molar-refractivity contribution in [3.63, 3.8) is 0 Å². The third kappa shape index (κ3) is 3.00. The van der Waals surface area contributed by atoms with Crippen molar-refractivity contribution in [1.82, 2.24) is 20.2 Å². The van der Waals surface area contributed by atoms with Crippen LogP contribution < -0.4 is 5.01 Å². The molecule has 0 saturated carbocycles. The molecule has 1 rings (SSSR count). The average molecular weight is 233 g/mol. The number of tetrazole rings is 1. The molecule has 0 aliphatic carbocycles. The molecule has 1 aromatic rings. The zero-order chi connectivity index (χ0) is 12.1. The molecule has 16 heavy (non-hydrogen) atoms. The second-order valence-electron chi connectivity index (χ2n) is 2.50. The van der Waals surface area contributed by atoms with Gasteiger partial charge in [0.05, 0.1) is 7.05 Å². The van der Waals surface area contributed by atoms with Gasteiger partial charge in [0.2, 0.25) is 0 Å². The quantitative estimate of drug-likeness (QED) is 0.419. The fraction of sp³-hybridized carbons (Fsp3) is 0.750. The van der Waals surface area contributed by atoms with Crippen LogP contribution in [-0.4, -0.2) is 43.5 Å². The molecule has 0 aliphatic rings. The Morgan fingerprint density at radius 2 is 2.19 bits per heavy atom. The van der Waals surface area contributed by atoms with Crippen molar-refractivity contribution in [3.8, 4) is 0 Å². The Morgan fingerprint density at radius 3 is 2.62 bits per heavy atom. The summed E-state index contributed by atoms with van der Waals surface area (Å²) >= 11 is 0. The van der Waals surface area contributed by atoms with Crippen molar-refractivity contribution in [2.24, 2.45) is 7.05 Å². The maximum Gasteiger partial charge on any atom is 0.326 e. The number of aryl methyl sites for hydroxylation is 1. The van der Waals surface area contributed by atoms with Crippen LogP contribution in [0.15, 0.2) is 0 Å². The lowest BCUT2D eigenvalue weighted by atomic mass is 10.6. The van der Waals surface area contributed by atoms with Crippen LogP contribution in [0.1, 0.15) is 0 Å². The van der Waals surface area contributed by atoms with Gasteiger partial charge in [-0.2, -0.15) is 4.80 Å². The van der Waals surface area contributed by atoms with Gasteiger partial charge in [-0.25, -0.2) is 10.1 Å². The first-order valence-electron chi connectivity index (χ1n) is 3.94. The summed E-state index contributed by atoms with van der Waals surface area (Å²) in [5, 5.41) is 29.4. The van der Waals surface area contributed by atoms with Crippen LogP contribution in [0, 0.1) is 20.2 Å². The van der Waals surface area contributed by atoms with Crippen molar-refractivity contribution >= 4 is 5.95 Å². The fourth-order valence-corrected chi connectivity index (χ4v) is 0.834. The van der Waals surface area contributed by atoms with Crippen molar-refractivity contribution < 1.29 is 15.0 Å². The molecule has 1 heterocycles. The van der Waals surface area contributed by atoms with Crippen LogP contribution in [0.3, 0.4) is 0 Å². The zero-order valence-electron chi connectivity index (χ0n) is 8.09. The van der Waals surface area contributed by atoms with Crippen molar-refractivity contribution in [2.75, 3.05) is 18.2 Å². The van der Waals surface area contributed by atoms with Gasteiger partial charge in [0.15, 0.2) is 5.03 Å². The monoisotopic (exact) mass is 233 g/mol. The number of nitrogens with zero attached hydrogens (tertiary/aromatic N) is 7. The summed E-state index contributed by atoms with van der Waals surface area (Å²) in [6.45, 7) is -0.827. The average Bonchev–Trinajstić information content (AvgIpc) is 2.58. The molecular weight excluding hydrogens is 226 g/mol. The van der Waals surface area contributed by atoms with Crippen LogP contribution in [0.25, 0.3) is 0 Å². The Labute approximate surface area is 87.6 Å². The van der Waals surface area contributed by atoms with Gasteiger partial charge < -0.3 is 4.84 Å². The molecule has 0 aliphatic heterocycles. The van der Waals surface area contributed by atoms with Crippen molar-refractivity contribution in [2.45, 2.75) is 0 Å². The molecule has 0 atom stereocenters. The smallest absolute Gasteiger partial charge is 0.312 e. The Balaban J connectivity index is 2.62. The van der Waals surface area contributed by atoms with Crippen LogP contribution in [0.4, 0.5) is 5.95 Å². The highest BCUT2D eigenvalue weighted by Gasteiger charge is 2.22. The lowest BCUT2D eigenvalue weighted by Gasteiger charge is -2.07. The minimum absolute atomic E-state index is 0.264. The van der Waals surface area contributed by atoms with E-state index >= 15 is 0 Å². The SMILES string of the molecule is Cn1nnc(N(CCO[N+](=O)[O-])[N+](=O)[O-])n1. The number of anilines is 1. The minimum Gasteiger partial charge on any atom is -0.312 e. The van der Waals surface area contributed by atoms with Gasteiger partial charge in [0.25, 0.3) is 5.09 Å². The Morgan fingerprint density at radius 1 is 1.50 bits per heavy atom. The van der Waals surface area contributed by atoms with Crippen LogP contribution in [0.2, 0.25) is 0 Å². The van der Waals surface area contributed by atoms with Gasteiger partial charge in [-0.3, -0.25) is 0 Å². The van der Waals surface area contributed by atoms with E-state index in [0.717, 1.165) is 4.80 Å². The highest BCUT2D eigenvalue weighted by atomic mass is 16.9. The Kier molecular flexibility index (Phi) is 3.47. The molecule has 0 saturated heterocycles. The predicted octanol–water partition coefficient (Wildman–Crippen LogP) is -1.58. The standard InChI is InChI=1S/C4H7N7O5/c1-8-6-4(5-7-8)9(10(12)13)2-3-16-11(14)15/h2-3H2,1H3. The molecule has 0 unspecified atom stereocenters. The van der Waals surface area contributed by atoms with Crippen LogP contribution in [-0.2, 0) is 11.9 Å². The van der Waals surface area contributed by atoms with Gasteiger partial charge in [0, 0.05) is 0 Å². The van der Waals surface area contributed by atoms with E-state index in [1.807, 2.05) is 0 Å². The van der Waals surface area contributed by atoms with Crippen molar-refractivity contribution in [1.29, 1.82) is 0 Å². The van der Waals surface area contributed by atoms with E-state index in [4.69, 9.17) is 0 Å². The summed E-state index contributed by atoms with van der Waals surface area (Å²) in [5.74, 6) is -0.264. The van der Waals surface area contributed by atoms with E-state index in [1.165, 1.54) is 7.05 Å². The molecule has 88 valence electrons. The Hall–Kier alpha value is -2.53. The number of hydrazine groups is 1. The molecule has 0 amide bonds. The van der Waals surface area contributed by atoms with Gasteiger partial charge in [-0.1, -0.05) is 10.1 Å². The summed E-state index contributed by atoms with van der Waals surface area (Å²) in [6.07, 6.45) is 0. The van der Waals surface area contributed by atoms with E-state index < -0.39 is 16.7 Å². The largest absolute Gasteiger partial charge is 0.326 e. The third-order valence-corrected chi connectivity index (χ3v) is 1.43. The van der Waals surface area contributed by atoms with E-state index in [-0.39, 0.29) is 12.5 Å². The summed E-state index contributed by atoms with van der Waals surface area (Å²) in [7, 11) is 1.43. The summed E-state index contributed by atoms with van der Waals surface area (Å²) in [6, 6.07) is 0. The topological polar surface area (TPSA) is 142 Å². The van der Waals surface area contributed by atoms with E-state index in [2.05, 4.69) is 20.2 Å². The van der Waals surface area contributed by atoms with Gasteiger partial charge in [0.1, 0.15) is 13.2 Å². The summed E-state index contributed by atoms with van der Waals surface area (Å²) in [5.41, 5.74) is 0. The number of nitro groups is 1. The third-order valence-electron chi connectivity index (χ3n) is 1.43. The number of aromatic nitrogens is 4. The highest BCUT2D eigenvalue weighted by molar-refractivity contribution is 5.19. The molecule has 12 heteroatoms.